The highest BCUT2D eigenvalue weighted by atomic mass is 32.2. The van der Waals surface area contributed by atoms with Gasteiger partial charge in [-0.05, 0) is 32.2 Å². The zero-order valence-electron chi connectivity index (χ0n) is 14.3. The summed E-state index contributed by atoms with van der Waals surface area (Å²) in [5, 5.41) is 9.25. The minimum Gasteiger partial charge on any atom is -0.248 e. The van der Waals surface area contributed by atoms with E-state index >= 15 is 0 Å². The van der Waals surface area contributed by atoms with Crippen LogP contribution in [0.25, 0.3) is 21.8 Å². The minimum absolute atomic E-state index is 0.845. The summed E-state index contributed by atoms with van der Waals surface area (Å²) in [6, 6.07) is 16.2. The first-order valence-corrected chi connectivity index (χ1v) is 8.98. The van der Waals surface area contributed by atoms with Gasteiger partial charge < -0.3 is 0 Å². The molecule has 0 amide bonds. The number of thioether (sulfide) groups is 1. The molecule has 0 N–H and O–H groups in total. The largest absolute Gasteiger partial charge is 0.248 e. The quantitative estimate of drug-likeness (QED) is 0.284. The van der Waals surface area contributed by atoms with Crippen molar-refractivity contribution >= 4 is 50.1 Å². The van der Waals surface area contributed by atoms with E-state index in [1.54, 1.807) is 11.8 Å². The summed E-state index contributed by atoms with van der Waals surface area (Å²) in [6.45, 7) is 3.96. The van der Waals surface area contributed by atoms with Gasteiger partial charge in [-0.2, -0.15) is 5.10 Å². The standard InChI is InChI=1S/C19H20N4S/c1-13(2)22-23(3)19(24-4)21-18-14-9-5-7-11-16(14)20-17-12-8-6-10-15(17)18/h5-12H,1-4H3. The van der Waals surface area contributed by atoms with E-state index in [0.29, 0.717) is 0 Å². The van der Waals surface area contributed by atoms with Crippen molar-refractivity contribution in [3.05, 3.63) is 48.5 Å². The third-order valence-electron chi connectivity index (χ3n) is 3.58. The lowest BCUT2D eigenvalue weighted by Gasteiger charge is -2.15. The molecule has 2 aromatic carbocycles. The maximum atomic E-state index is 4.94. The molecule has 0 spiro atoms. The van der Waals surface area contributed by atoms with Crippen molar-refractivity contribution in [2.75, 3.05) is 13.3 Å². The van der Waals surface area contributed by atoms with Crippen LogP contribution in [0.5, 0.6) is 0 Å². The molecule has 0 fully saturated rings. The lowest BCUT2D eigenvalue weighted by molar-refractivity contribution is 0.555. The number of nitrogens with zero attached hydrogens (tertiary/aromatic N) is 4. The summed E-state index contributed by atoms with van der Waals surface area (Å²) in [7, 11) is 1.92. The molecule has 0 aliphatic heterocycles. The van der Waals surface area contributed by atoms with Crippen LogP contribution in [0.15, 0.2) is 58.6 Å². The van der Waals surface area contributed by atoms with Crippen LogP contribution in [0.2, 0.25) is 0 Å². The summed E-state index contributed by atoms with van der Waals surface area (Å²) >= 11 is 1.58. The second-order valence-electron chi connectivity index (χ2n) is 5.66. The Bertz CT molecular complexity index is 888. The third-order valence-corrected chi connectivity index (χ3v) is 4.30. The molecule has 5 heteroatoms. The summed E-state index contributed by atoms with van der Waals surface area (Å²) in [4.78, 5) is 9.69. The number of rotatable bonds is 2. The number of pyridine rings is 1. The van der Waals surface area contributed by atoms with Gasteiger partial charge in [0.1, 0.15) is 0 Å². The lowest BCUT2D eigenvalue weighted by Crippen LogP contribution is -2.18. The molecular weight excluding hydrogens is 316 g/mol. The molecule has 1 aromatic heterocycles. The number of hydrogen-bond acceptors (Lipinski definition) is 4. The maximum absolute atomic E-state index is 4.94. The van der Waals surface area contributed by atoms with Crippen molar-refractivity contribution in [3.8, 4) is 0 Å². The minimum atomic E-state index is 0.845. The first-order chi connectivity index (χ1) is 11.6. The van der Waals surface area contributed by atoms with E-state index in [-0.39, 0.29) is 0 Å². The Morgan fingerprint density at radius 1 is 0.958 bits per heavy atom. The monoisotopic (exact) mass is 336 g/mol. The van der Waals surface area contributed by atoms with E-state index < -0.39 is 0 Å². The second-order valence-corrected chi connectivity index (χ2v) is 6.44. The number of benzene rings is 2. The number of aliphatic imine (C=N–C) groups is 1. The fourth-order valence-corrected chi connectivity index (χ4v) is 3.11. The van der Waals surface area contributed by atoms with E-state index in [2.05, 4.69) is 17.2 Å². The van der Waals surface area contributed by atoms with Gasteiger partial charge >= 0.3 is 0 Å². The Labute approximate surface area is 146 Å². The third kappa shape index (κ3) is 3.26. The Hall–Kier alpha value is -2.40. The molecule has 0 saturated carbocycles. The van der Waals surface area contributed by atoms with Crippen molar-refractivity contribution in [1.82, 2.24) is 9.99 Å². The SMILES string of the molecule is CSC(=Nc1c2ccccc2nc2ccccc12)N(C)N=C(C)C. The number of amidine groups is 1. The van der Waals surface area contributed by atoms with E-state index in [9.17, 15) is 0 Å². The molecule has 3 aromatic rings. The summed E-state index contributed by atoms with van der Waals surface area (Å²) < 4.78 is 0. The van der Waals surface area contributed by atoms with Gasteiger partial charge in [-0.15, -0.1) is 0 Å². The van der Waals surface area contributed by atoms with Crippen molar-refractivity contribution < 1.29 is 0 Å². The molecule has 0 bridgehead atoms. The number of para-hydroxylation sites is 2. The molecule has 0 aliphatic carbocycles. The topological polar surface area (TPSA) is 40.9 Å². The van der Waals surface area contributed by atoms with Gasteiger partial charge in [0, 0.05) is 23.5 Å². The van der Waals surface area contributed by atoms with Gasteiger partial charge in [0.2, 0.25) is 0 Å². The molecule has 3 rings (SSSR count). The molecule has 4 nitrogen and oxygen atoms in total. The van der Waals surface area contributed by atoms with E-state index in [1.165, 1.54) is 0 Å². The van der Waals surface area contributed by atoms with Crippen LogP contribution in [0, 0.1) is 0 Å². The molecule has 0 saturated heterocycles. The molecule has 24 heavy (non-hydrogen) atoms. The zero-order valence-corrected chi connectivity index (χ0v) is 15.1. The van der Waals surface area contributed by atoms with Crippen molar-refractivity contribution in [2.45, 2.75) is 13.8 Å². The average molecular weight is 336 g/mol. The molecule has 1 heterocycles. The zero-order chi connectivity index (χ0) is 17.1. The van der Waals surface area contributed by atoms with Gasteiger partial charge in [0.25, 0.3) is 0 Å². The van der Waals surface area contributed by atoms with Crippen LogP contribution in [0.4, 0.5) is 5.69 Å². The highest BCUT2D eigenvalue weighted by Crippen LogP contribution is 2.33. The number of fused-ring (bicyclic) bond motifs is 2. The summed E-state index contributed by atoms with van der Waals surface area (Å²) in [5.41, 5.74) is 3.83. The predicted octanol–water partition coefficient (Wildman–Crippen LogP) is 5.07. The van der Waals surface area contributed by atoms with Gasteiger partial charge in [0.15, 0.2) is 5.17 Å². The number of aromatic nitrogens is 1. The van der Waals surface area contributed by atoms with Crippen molar-refractivity contribution in [1.29, 1.82) is 0 Å². The second kappa shape index (κ2) is 7.01. The highest BCUT2D eigenvalue weighted by molar-refractivity contribution is 8.13. The summed E-state index contributed by atoms with van der Waals surface area (Å²) in [6.07, 6.45) is 2.02. The Morgan fingerprint density at radius 3 is 2.00 bits per heavy atom. The maximum Gasteiger partial charge on any atom is 0.184 e. The van der Waals surface area contributed by atoms with Gasteiger partial charge in [0.05, 0.1) is 16.7 Å². The smallest absolute Gasteiger partial charge is 0.184 e. The normalized spacial score (nSPS) is 11.8. The first-order valence-electron chi connectivity index (χ1n) is 7.76. The molecule has 0 atom stereocenters. The molecule has 0 aliphatic rings. The Balaban J connectivity index is 2.29. The van der Waals surface area contributed by atoms with Gasteiger partial charge in [-0.1, -0.05) is 48.2 Å². The van der Waals surface area contributed by atoms with Crippen LogP contribution >= 0.6 is 11.8 Å². The van der Waals surface area contributed by atoms with Crippen LogP contribution in [-0.2, 0) is 0 Å². The van der Waals surface area contributed by atoms with Crippen LogP contribution in [0.3, 0.4) is 0 Å². The van der Waals surface area contributed by atoms with Crippen molar-refractivity contribution in [3.63, 3.8) is 0 Å². The van der Waals surface area contributed by atoms with Gasteiger partial charge in [-0.3, -0.25) is 0 Å². The molecule has 122 valence electrons. The molecular formula is C19H20N4S. The van der Waals surface area contributed by atoms with Crippen molar-refractivity contribution in [2.24, 2.45) is 10.1 Å². The van der Waals surface area contributed by atoms with E-state index in [1.807, 2.05) is 68.6 Å². The summed E-state index contributed by atoms with van der Waals surface area (Å²) in [5.74, 6) is 0. The first kappa shape index (κ1) is 16.5. The lowest BCUT2D eigenvalue weighted by atomic mass is 10.1. The molecule has 0 radical (unpaired) electrons. The number of hydrazone groups is 1. The van der Waals surface area contributed by atoms with Crippen LogP contribution in [-0.4, -0.2) is 34.2 Å². The Morgan fingerprint density at radius 2 is 1.50 bits per heavy atom. The Kier molecular flexibility index (Phi) is 4.81. The predicted molar refractivity (Wildman–Crippen MR) is 106 cm³/mol. The fraction of sp³-hybridized carbons (Fsp3) is 0.211. The highest BCUT2D eigenvalue weighted by Gasteiger charge is 2.11. The average Bonchev–Trinajstić information content (AvgIpc) is 2.57. The van der Waals surface area contributed by atoms with Crippen LogP contribution < -0.4 is 0 Å². The molecule has 0 unspecified atom stereocenters. The fourth-order valence-electron chi connectivity index (χ4n) is 2.63. The van der Waals surface area contributed by atoms with E-state index in [0.717, 1.165) is 38.4 Å². The van der Waals surface area contributed by atoms with Crippen LogP contribution in [0.1, 0.15) is 13.8 Å². The number of hydrogen-bond donors (Lipinski definition) is 0. The van der Waals surface area contributed by atoms with E-state index in [4.69, 9.17) is 9.98 Å². The van der Waals surface area contributed by atoms with Gasteiger partial charge in [-0.25, -0.2) is 15.0 Å².